The summed E-state index contributed by atoms with van der Waals surface area (Å²) in [6.45, 7) is 3.65. The second-order valence-electron chi connectivity index (χ2n) is 2.99. The summed E-state index contributed by atoms with van der Waals surface area (Å²) in [6.07, 6.45) is 5.14. The third-order valence-electron chi connectivity index (χ3n) is 1.64. The van der Waals surface area contributed by atoms with Gasteiger partial charge in [-0.25, -0.2) is 9.78 Å². The maximum atomic E-state index is 11.4. The molecule has 1 aromatic rings. The third-order valence-corrected chi connectivity index (χ3v) is 3.35. The normalized spacial score (nSPS) is 10.7. The molecule has 4 nitrogen and oxygen atoms in total. The van der Waals surface area contributed by atoms with Crippen molar-refractivity contribution in [2.45, 2.75) is 13.8 Å². The van der Waals surface area contributed by atoms with Crippen molar-refractivity contribution in [1.29, 1.82) is 0 Å². The number of nitrogens with zero attached hydrogens (tertiary/aromatic N) is 1. The zero-order valence-corrected chi connectivity index (χ0v) is 11.3. The second-order valence-corrected chi connectivity index (χ2v) is 5.25. The smallest absolute Gasteiger partial charge is 0.349 e. The van der Waals surface area contributed by atoms with E-state index in [1.165, 1.54) is 36.2 Å². The molecule has 17 heavy (non-hydrogen) atoms. The Morgan fingerprint density at radius 2 is 2.35 bits per heavy atom. The predicted octanol–water partition coefficient (Wildman–Crippen LogP) is 2.61. The van der Waals surface area contributed by atoms with Crippen molar-refractivity contribution in [3.8, 4) is 0 Å². The minimum atomic E-state index is -0.345. The van der Waals surface area contributed by atoms with Gasteiger partial charge in [-0.15, -0.1) is 11.3 Å². The van der Waals surface area contributed by atoms with E-state index in [2.05, 4.69) is 4.98 Å². The van der Waals surface area contributed by atoms with Crippen LogP contribution in [0.4, 0.5) is 0 Å². The zero-order chi connectivity index (χ0) is 12.7. The van der Waals surface area contributed by atoms with Gasteiger partial charge in [0.25, 0.3) is 0 Å². The van der Waals surface area contributed by atoms with E-state index in [-0.39, 0.29) is 11.1 Å². The standard InChI is InChI=1S/C11H13NO3S2/c1-3-15-11(14)9-7-12-10(17-9)5-4-6-16-8(2)13/h4-5,7H,3,6H2,1-2H3. The van der Waals surface area contributed by atoms with Gasteiger partial charge in [0.2, 0.25) is 0 Å². The molecule has 0 N–H and O–H groups in total. The number of aromatic nitrogens is 1. The van der Waals surface area contributed by atoms with Gasteiger partial charge in [-0.3, -0.25) is 4.79 Å². The van der Waals surface area contributed by atoms with Crippen LogP contribution in [0.15, 0.2) is 12.3 Å². The van der Waals surface area contributed by atoms with Crippen molar-refractivity contribution in [3.05, 3.63) is 22.2 Å². The highest BCUT2D eigenvalue weighted by molar-refractivity contribution is 8.13. The van der Waals surface area contributed by atoms with E-state index >= 15 is 0 Å². The first-order chi connectivity index (χ1) is 8.13. The number of ether oxygens (including phenoxy) is 1. The fourth-order valence-corrected chi connectivity index (χ4v) is 2.15. The van der Waals surface area contributed by atoms with Gasteiger partial charge in [-0.05, 0) is 13.0 Å². The Balaban J connectivity index is 2.50. The van der Waals surface area contributed by atoms with Gasteiger partial charge in [0, 0.05) is 12.7 Å². The molecule has 1 rings (SSSR count). The molecular weight excluding hydrogens is 258 g/mol. The van der Waals surface area contributed by atoms with Crippen molar-refractivity contribution in [2.24, 2.45) is 0 Å². The van der Waals surface area contributed by atoms with Crippen LogP contribution in [0.25, 0.3) is 6.08 Å². The summed E-state index contributed by atoms with van der Waals surface area (Å²) in [4.78, 5) is 26.6. The number of hydrogen-bond acceptors (Lipinski definition) is 6. The highest BCUT2D eigenvalue weighted by Crippen LogP contribution is 2.16. The average molecular weight is 271 g/mol. The molecule has 0 saturated carbocycles. The monoisotopic (exact) mass is 271 g/mol. The van der Waals surface area contributed by atoms with Crippen molar-refractivity contribution < 1.29 is 14.3 Å². The van der Waals surface area contributed by atoms with Crippen LogP contribution in [-0.4, -0.2) is 28.4 Å². The fraction of sp³-hybridized carbons (Fsp3) is 0.364. The molecule has 0 aliphatic heterocycles. The molecule has 1 aromatic heterocycles. The fourth-order valence-electron chi connectivity index (χ4n) is 0.976. The number of carbonyl (C=O) groups is 2. The molecule has 0 amide bonds. The van der Waals surface area contributed by atoms with Crippen molar-refractivity contribution in [3.63, 3.8) is 0 Å². The van der Waals surface area contributed by atoms with Crippen LogP contribution in [0, 0.1) is 0 Å². The number of rotatable bonds is 5. The molecule has 0 unspecified atom stereocenters. The average Bonchev–Trinajstić information content (AvgIpc) is 2.73. The van der Waals surface area contributed by atoms with Gasteiger partial charge in [0.15, 0.2) is 5.12 Å². The Morgan fingerprint density at radius 3 is 3.00 bits per heavy atom. The molecular formula is C11H13NO3S2. The molecule has 0 bridgehead atoms. The highest BCUT2D eigenvalue weighted by Gasteiger charge is 2.09. The summed E-state index contributed by atoms with van der Waals surface area (Å²) in [5, 5.41) is 0.818. The summed E-state index contributed by atoms with van der Waals surface area (Å²) in [7, 11) is 0. The lowest BCUT2D eigenvalue weighted by Gasteiger charge is -1.95. The number of hydrogen-bond donors (Lipinski definition) is 0. The van der Waals surface area contributed by atoms with Crippen LogP contribution in [-0.2, 0) is 9.53 Å². The van der Waals surface area contributed by atoms with E-state index < -0.39 is 0 Å². The summed E-state index contributed by atoms with van der Waals surface area (Å²) in [6, 6.07) is 0. The summed E-state index contributed by atoms with van der Waals surface area (Å²) in [5.41, 5.74) is 0. The zero-order valence-electron chi connectivity index (χ0n) is 9.63. The van der Waals surface area contributed by atoms with Gasteiger partial charge >= 0.3 is 5.97 Å². The van der Waals surface area contributed by atoms with Crippen LogP contribution in [0.1, 0.15) is 28.5 Å². The maximum absolute atomic E-state index is 11.4. The van der Waals surface area contributed by atoms with E-state index in [1.54, 1.807) is 13.0 Å². The minimum Gasteiger partial charge on any atom is -0.462 e. The van der Waals surface area contributed by atoms with E-state index in [4.69, 9.17) is 4.74 Å². The number of thiazole rings is 1. The molecule has 6 heteroatoms. The molecule has 0 saturated heterocycles. The molecule has 0 fully saturated rings. The summed E-state index contributed by atoms with van der Waals surface area (Å²) < 4.78 is 4.86. The third kappa shape index (κ3) is 5.14. The Morgan fingerprint density at radius 1 is 1.59 bits per heavy atom. The van der Waals surface area contributed by atoms with Crippen LogP contribution in [0.5, 0.6) is 0 Å². The molecule has 0 atom stereocenters. The lowest BCUT2D eigenvalue weighted by Crippen LogP contribution is -2.01. The van der Waals surface area contributed by atoms with E-state index in [1.807, 2.05) is 6.08 Å². The molecule has 0 aromatic carbocycles. The number of thioether (sulfide) groups is 1. The summed E-state index contributed by atoms with van der Waals surface area (Å²) >= 11 is 2.50. The minimum absolute atomic E-state index is 0.0843. The Kier molecular flexibility index (Phi) is 5.93. The Labute approximate surface area is 108 Å². The highest BCUT2D eigenvalue weighted by atomic mass is 32.2. The predicted molar refractivity (Wildman–Crippen MR) is 70.2 cm³/mol. The lowest BCUT2D eigenvalue weighted by atomic mass is 10.5. The first-order valence-corrected chi connectivity index (χ1v) is 6.86. The number of esters is 1. The van der Waals surface area contributed by atoms with Crippen molar-refractivity contribution in [1.82, 2.24) is 4.98 Å². The molecule has 0 radical (unpaired) electrons. The SMILES string of the molecule is CCOC(=O)c1cnc(C=CCSC(C)=O)s1. The maximum Gasteiger partial charge on any atom is 0.349 e. The second kappa shape index (κ2) is 7.24. The van der Waals surface area contributed by atoms with E-state index in [0.717, 1.165) is 5.01 Å². The van der Waals surface area contributed by atoms with Crippen LogP contribution in [0.3, 0.4) is 0 Å². The lowest BCUT2D eigenvalue weighted by molar-refractivity contribution is -0.109. The largest absolute Gasteiger partial charge is 0.462 e. The first kappa shape index (κ1) is 13.9. The van der Waals surface area contributed by atoms with Crippen molar-refractivity contribution in [2.75, 3.05) is 12.4 Å². The molecule has 0 spiro atoms. The molecule has 92 valence electrons. The molecule has 0 aliphatic rings. The Hall–Kier alpha value is -1.14. The number of carbonyl (C=O) groups excluding carboxylic acids is 2. The van der Waals surface area contributed by atoms with Gasteiger partial charge < -0.3 is 4.74 Å². The van der Waals surface area contributed by atoms with Crippen LogP contribution < -0.4 is 0 Å². The van der Waals surface area contributed by atoms with E-state index in [0.29, 0.717) is 17.2 Å². The van der Waals surface area contributed by atoms with Gasteiger partial charge in [-0.2, -0.15) is 0 Å². The van der Waals surface area contributed by atoms with Crippen molar-refractivity contribution >= 4 is 40.3 Å². The summed E-state index contributed by atoms with van der Waals surface area (Å²) in [5.74, 6) is 0.270. The Bertz CT molecular complexity index is 426. The first-order valence-electron chi connectivity index (χ1n) is 5.06. The van der Waals surface area contributed by atoms with Gasteiger partial charge in [0.05, 0.1) is 12.8 Å². The van der Waals surface area contributed by atoms with Gasteiger partial charge in [-0.1, -0.05) is 17.8 Å². The quantitative estimate of drug-likeness (QED) is 0.770. The van der Waals surface area contributed by atoms with Gasteiger partial charge in [0.1, 0.15) is 9.88 Å². The molecule has 1 heterocycles. The topological polar surface area (TPSA) is 56.3 Å². The van der Waals surface area contributed by atoms with Crippen LogP contribution in [0.2, 0.25) is 0 Å². The van der Waals surface area contributed by atoms with Crippen LogP contribution >= 0.6 is 23.1 Å². The molecule has 0 aliphatic carbocycles. The van der Waals surface area contributed by atoms with E-state index in [9.17, 15) is 9.59 Å².